The van der Waals surface area contributed by atoms with E-state index in [-0.39, 0.29) is 0 Å². The van der Waals surface area contributed by atoms with Gasteiger partial charge in [-0.25, -0.2) is 0 Å². The van der Waals surface area contributed by atoms with Crippen LogP contribution in [0.5, 0.6) is 0 Å². The van der Waals surface area contributed by atoms with Gasteiger partial charge in [-0.2, -0.15) is 15.9 Å². The molecule has 0 rings (SSSR count). The van der Waals surface area contributed by atoms with E-state index >= 15 is 0 Å². The Bertz CT molecular complexity index is 45.5. The van der Waals surface area contributed by atoms with Gasteiger partial charge in [0, 0.05) is 0 Å². The lowest BCUT2D eigenvalue weighted by atomic mass is 11.4. The van der Waals surface area contributed by atoms with Gasteiger partial charge in [-0.1, -0.05) is 0 Å². The van der Waals surface area contributed by atoms with E-state index in [0.29, 0.717) is 0 Å². The average molecular weight is 93.0 g/mol. The Hall–Kier alpha value is -0.810. The van der Waals surface area contributed by atoms with Crippen LogP contribution in [-0.4, -0.2) is 11.4 Å². The van der Waals surface area contributed by atoms with Crippen LogP contribution in [0.2, 0.25) is 0 Å². The maximum Gasteiger partial charge on any atom is 0.559 e. The monoisotopic (exact) mass is 93.0 g/mol. The van der Waals surface area contributed by atoms with Gasteiger partial charge < -0.3 is 4.84 Å². The number of carbonyl (C=O) groups excluding carboxylic acids is 1. The largest absolute Gasteiger partial charge is 0.559 e. The molecule has 0 aromatic heterocycles. The Balaban J connectivity index is 2.99. The molecule has 0 saturated heterocycles. The van der Waals surface area contributed by atoms with E-state index in [1.165, 1.54) is 0 Å². The fourth-order valence-corrected chi connectivity index (χ4v) is 0.0215. The Kier molecular flexibility index (Phi) is 2.10. The lowest BCUT2D eigenvalue weighted by Gasteiger charge is -1.85. The molecule has 0 bridgehead atoms. The van der Waals surface area contributed by atoms with Gasteiger partial charge in [0.25, 0.3) is 0 Å². The summed E-state index contributed by atoms with van der Waals surface area (Å²) in [6.07, 6.45) is -1.32. The zero-order chi connectivity index (χ0) is 4.99. The van der Waals surface area contributed by atoms with Crippen LogP contribution in [0.4, 0.5) is 4.79 Å². The lowest BCUT2D eigenvalue weighted by Crippen LogP contribution is -2.08. The summed E-state index contributed by atoms with van der Waals surface area (Å²) in [5.74, 6) is 4.15. The summed E-state index contributed by atoms with van der Waals surface area (Å²) in [7, 11) is 0. The second-order valence-corrected chi connectivity index (χ2v) is 0.459. The summed E-state index contributed by atoms with van der Waals surface area (Å²) in [5.41, 5.74) is 0. The van der Waals surface area contributed by atoms with Crippen molar-refractivity contribution in [3.8, 4) is 0 Å². The van der Waals surface area contributed by atoms with Gasteiger partial charge in [-0.15, -0.1) is 0 Å². The van der Waals surface area contributed by atoms with Crippen LogP contribution in [-0.2, 0) is 9.73 Å². The van der Waals surface area contributed by atoms with E-state index in [1.54, 1.807) is 0 Å². The first kappa shape index (κ1) is 5.19. The molecule has 6 heavy (non-hydrogen) atoms. The first-order chi connectivity index (χ1) is 2.81. The highest BCUT2D eigenvalue weighted by molar-refractivity contribution is 5.58. The summed E-state index contributed by atoms with van der Waals surface area (Å²) in [6, 6.07) is 0. The first-order valence-corrected chi connectivity index (χ1v) is 1.03. The average Bonchev–Trinajstić information content (AvgIpc) is 1.65. The van der Waals surface area contributed by atoms with Crippen LogP contribution in [0.25, 0.3) is 0 Å². The van der Waals surface area contributed by atoms with Gasteiger partial charge in [0.1, 0.15) is 0 Å². The van der Waals surface area contributed by atoms with Crippen molar-refractivity contribution in [3.05, 3.63) is 0 Å². The fraction of sp³-hybridized carbons (Fsp3) is 0. The molecule has 0 aromatic carbocycles. The Labute approximate surface area is 33.1 Å². The van der Waals surface area contributed by atoms with Crippen LogP contribution in [0.1, 0.15) is 0 Å². The van der Waals surface area contributed by atoms with Crippen LogP contribution < -0.4 is 5.90 Å². The van der Waals surface area contributed by atoms with Crippen molar-refractivity contribution in [2.45, 2.75) is 0 Å². The molecular formula is CH3NO4. The van der Waals surface area contributed by atoms with Crippen molar-refractivity contribution in [1.29, 1.82) is 0 Å². The molecule has 0 saturated carbocycles. The number of hydrogen-bond donors (Lipinski definition) is 2. The Morgan fingerprint density at radius 1 is 1.83 bits per heavy atom. The van der Waals surface area contributed by atoms with E-state index in [2.05, 4.69) is 15.6 Å². The van der Waals surface area contributed by atoms with Crippen LogP contribution in [0.15, 0.2) is 0 Å². The molecule has 0 aliphatic carbocycles. The number of rotatable bonds is 0. The van der Waals surface area contributed by atoms with Gasteiger partial charge >= 0.3 is 6.16 Å². The highest BCUT2D eigenvalue weighted by Crippen LogP contribution is 1.68. The van der Waals surface area contributed by atoms with Gasteiger partial charge in [0.15, 0.2) is 0 Å². The quantitative estimate of drug-likeness (QED) is 0.311. The number of carbonyl (C=O) groups is 1. The highest BCUT2D eigenvalue weighted by atomic mass is 17.2. The molecule has 0 heterocycles. The molecule has 0 aromatic rings. The SMILES string of the molecule is NOC(=O)OO. The summed E-state index contributed by atoms with van der Waals surface area (Å²) < 4.78 is 0. The van der Waals surface area contributed by atoms with E-state index in [0.717, 1.165) is 0 Å². The molecular weight excluding hydrogens is 90.0 g/mol. The smallest absolute Gasteiger partial charge is 0.339 e. The predicted octanol–water partition coefficient (Wildman–Crippen LogP) is -0.514. The third-order valence-corrected chi connectivity index (χ3v) is 0.171. The molecule has 5 nitrogen and oxygen atoms in total. The Morgan fingerprint density at radius 2 is 2.33 bits per heavy atom. The molecule has 0 unspecified atom stereocenters. The molecule has 0 aliphatic rings. The Morgan fingerprint density at radius 3 is 2.33 bits per heavy atom. The molecule has 3 N–H and O–H groups in total. The third-order valence-electron chi connectivity index (χ3n) is 0.171. The van der Waals surface area contributed by atoms with Crippen molar-refractivity contribution in [2.75, 3.05) is 0 Å². The lowest BCUT2D eigenvalue weighted by molar-refractivity contribution is -0.201. The summed E-state index contributed by atoms with van der Waals surface area (Å²) in [4.78, 5) is 15.6. The minimum Gasteiger partial charge on any atom is -0.339 e. The van der Waals surface area contributed by atoms with Crippen molar-refractivity contribution in [1.82, 2.24) is 0 Å². The molecule has 0 fully saturated rings. The van der Waals surface area contributed by atoms with Gasteiger partial charge in [0.05, 0.1) is 0 Å². The minimum absolute atomic E-state index is 1.32. The van der Waals surface area contributed by atoms with Gasteiger partial charge in [0.2, 0.25) is 0 Å². The number of nitrogens with two attached hydrogens (primary N) is 1. The molecule has 0 atom stereocenters. The zero-order valence-corrected chi connectivity index (χ0v) is 2.75. The van der Waals surface area contributed by atoms with E-state index in [4.69, 9.17) is 5.26 Å². The minimum atomic E-state index is -1.32. The normalized spacial score (nSPS) is 7.00. The second-order valence-electron chi connectivity index (χ2n) is 0.459. The van der Waals surface area contributed by atoms with Gasteiger partial charge in [-0.05, 0) is 0 Å². The molecule has 0 amide bonds. The summed E-state index contributed by atoms with van der Waals surface area (Å²) in [6.45, 7) is 0. The van der Waals surface area contributed by atoms with Crippen molar-refractivity contribution < 1.29 is 19.8 Å². The standard InChI is InChI=1S/CH3NO4/c2-5-1(3)6-4/h4H,2H2. The fourth-order valence-electron chi connectivity index (χ4n) is 0.0215. The van der Waals surface area contributed by atoms with Crippen LogP contribution in [0.3, 0.4) is 0 Å². The van der Waals surface area contributed by atoms with Gasteiger partial charge in [-0.3, -0.25) is 4.89 Å². The zero-order valence-electron chi connectivity index (χ0n) is 2.75. The van der Waals surface area contributed by atoms with Crippen molar-refractivity contribution >= 4 is 6.16 Å². The maximum atomic E-state index is 9.36. The van der Waals surface area contributed by atoms with Crippen molar-refractivity contribution in [3.63, 3.8) is 0 Å². The first-order valence-electron chi connectivity index (χ1n) is 1.03. The molecule has 36 valence electrons. The second kappa shape index (κ2) is 2.43. The molecule has 0 spiro atoms. The van der Waals surface area contributed by atoms with Crippen LogP contribution >= 0.6 is 0 Å². The third kappa shape index (κ3) is 1.50. The maximum absolute atomic E-state index is 9.36. The van der Waals surface area contributed by atoms with E-state index < -0.39 is 6.16 Å². The number of hydrogen-bond acceptors (Lipinski definition) is 5. The molecule has 5 heteroatoms. The van der Waals surface area contributed by atoms with Crippen molar-refractivity contribution in [2.24, 2.45) is 5.90 Å². The topological polar surface area (TPSA) is 81.8 Å². The van der Waals surface area contributed by atoms with E-state index in [9.17, 15) is 4.79 Å². The highest BCUT2D eigenvalue weighted by Gasteiger charge is 1.93. The summed E-state index contributed by atoms with van der Waals surface area (Å²) >= 11 is 0. The molecule has 0 radical (unpaired) electrons. The van der Waals surface area contributed by atoms with E-state index in [1.807, 2.05) is 0 Å². The summed E-state index contributed by atoms with van der Waals surface area (Å²) in [5, 5.41) is 7.28. The molecule has 0 aliphatic heterocycles. The van der Waals surface area contributed by atoms with Crippen LogP contribution in [0, 0.1) is 0 Å². The predicted molar refractivity (Wildman–Crippen MR) is 14.4 cm³/mol.